The topological polar surface area (TPSA) is 81.7 Å². The van der Waals surface area contributed by atoms with Crippen LogP contribution < -0.4 is 11.3 Å². The van der Waals surface area contributed by atoms with Gasteiger partial charge in [-0.3, -0.25) is 0 Å². The van der Waals surface area contributed by atoms with E-state index in [1.54, 1.807) is 12.3 Å². The Morgan fingerprint density at radius 2 is 2.20 bits per heavy atom. The standard InChI is InChI=1S/C17H18ClFN6/c18-14-7-11(2-4-15(14)19)5-10-1-3-12(6-10)25-17-13(8-23-25)16(24-20)21-9-22-17/h2,4,7-10,12H,1,3,5-6,20H2,(H,21,22,24). The first-order valence-electron chi connectivity index (χ1n) is 8.24. The summed E-state index contributed by atoms with van der Waals surface area (Å²) in [5, 5.41) is 5.50. The minimum absolute atomic E-state index is 0.184. The number of anilines is 1. The van der Waals surface area contributed by atoms with Gasteiger partial charge in [0.25, 0.3) is 0 Å². The lowest BCUT2D eigenvalue weighted by atomic mass is 9.98. The van der Waals surface area contributed by atoms with Gasteiger partial charge in [-0.15, -0.1) is 0 Å². The third-order valence-electron chi connectivity index (χ3n) is 4.90. The number of nitrogen functional groups attached to an aromatic ring is 1. The van der Waals surface area contributed by atoms with Crippen molar-refractivity contribution in [2.45, 2.75) is 31.7 Å². The average Bonchev–Trinajstić information content (AvgIpc) is 3.24. The molecule has 0 amide bonds. The Morgan fingerprint density at radius 3 is 3.00 bits per heavy atom. The first-order valence-corrected chi connectivity index (χ1v) is 8.62. The highest BCUT2D eigenvalue weighted by atomic mass is 35.5. The van der Waals surface area contributed by atoms with Gasteiger partial charge in [-0.1, -0.05) is 17.7 Å². The molecule has 1 aliphatic rings. The summed E-state index contributed by atoms with van der Waals surface area (Å²) in [7, 11) is 0. The van der Waals surface area contributed by atoms with Gasteiger partial charge in [0.15, 0.2) is 11.5 Å². The van der Waals surface area contributed by atoms with Crippen molar-refractivity contribution in [3.63, 3.8) is 0 Å². The number of aromatic nitrogens is 4. The number of benzene rings is 1. The van der Waals surface area contributed by atoms with Crippen LogP contribution >= 0.6 is 11.6 Å². The van der Waals surface area contributed by atoms with Crippen molar-refractivity contribution >= 4 is 28.5 Å². The van der Waals surface area contributed by atoms with Gasteiger partial charge < -0.3 is 5.43 Å². The zero-order valence-electron chi connectivity index (χ0n) is 13.5. The molecule has 25 heavy (non-hydrogen) atoms. The minimum atomic E-state index is -0.373. The smallest absolute Gasteiger partial charge is 0.163 e. The van der Waals surface area contributed by atoms with Crippen LogP contribution in [-0.4, -0.2) is 19.7 Å². The summed E-state index contributed by atoms with van der Waals surface area (Å²) < 4.78 is 15.3. The molecule has 1 aliphatic carbocycles. The number of nitrogens with zero attached hydrogens (tertiary/aromatic N) is 4. The zero-order chi connectivity index (χ0) is 17.4. The number of nitrogens with two attached hydrogens (primary N) is 1. The van der Waals surface area contributed by atoms with Gasteiger partial charge >= 0.3 is 0 Å². The first-order chi connectivity index (χ1) is 12.2. The van der Waals surface area contributed by atoms with Crippen molar-refractivity contribution < 1.29 is 4.39 Å². The number of halogens is 2. The number of hydrogen-bond acceptors (Lipinski definition) is 5. The van der Waals surface area contributed by atoms with Gasteiger partial charge in [0.1, 0.15) is 12.1 Å². The van der Waals surface area contributed by atoms with Crippen LogP contribution in [0.4, 0.5) is 10.2 Å². The highest BCUT2D eigenvalue weighted by Gasteiger charge is 2.28. The highest BCUT2D eigenvalue weighted by Crippen LogP contribution is 2.38. The second kappa shape index (κ2) is 6.57. The molecule has 3 N–H and O–H groups in total. The molecular formula is C17H18ClFN6. The third-order valence-corrected chi connectivity index (χ3v) is 5.19. The Kier molecular flexibility index (Phi) is 4.27. The fourth-order valence-corrected chi connectivity index (χ4v) is 3.90. The van der Waals surface area contributed by atoms with Crippen molar-refractivity contribution in [1.29, 1.82) is 0 Å². The predicted octanol–water partition coefficient (Wildman–Crippen LogP) is 3.49. The second-order valence-corrected chi connectivity index (χ2v) is 6.89. The molecule has 1 fully saturated rings. The summed E-state index contributed by atoms with van der Waals surface area (Å²) >= 11 is 5.88. The Morgan fingerprint density at radius 1 is 1.32 bits per heavy atom. The fourth-order valence-electron chi connectivity index (χ4n) is 3.70. The molecule has 1 saturated carbocycles. The molecule has 1 aromatic carbocycles. The maximum atomic E-state index is 13.3. The SMILES string of the molecule is NNc1ncnc2c1cnn2C1CCC(Cc2ccc(F)c(Cl)c2)C1. The molecular weight excluding hydrogens is 343 g/mol. The molecule has 2 atom stereocenters. The summed E-state index contributed by atoms with van der Waals surface area (Å²) in [6.07, 6.45) is 7.25. The van der Waals surface area contributed by atoms with Crippen molar-refractivity contribution in [1.82, 2.24) is 19.7 Å². The van der Waals surface area contributed by atoms with Crippen LogP contribution in [0.25, 0.3) is 11.0 Å². The monoisotopic (exact) mass is 360 g/mol. The molecule has 0 radical (unpaired) electrons. The number of fused-ring (bicyclic) bond motifs is 1. The molecule has 8 heteroatoms. The van der Waals surface area contributed by atoms with Crippen molar-refractivity contribution in [2.75, 3.05) is 5.43 Å². The van der Waals surface area contributed by atoms with Crippen LogP contribution in [0, 0.1) is 11.7 Å². The third kappa shape index (κ3) is 3.05. The summed E-state index contributed by atoms with van der Waals surface area (Å²) in [6, 6.07) is 5.26. The van der Waals surface area contributed by atoms with Crippen LogP contribution in [0.3, 0.4) is 0 Å². The molecule has 130 valence electrons. The van der Waals surface area contributed by atoms with Crippen LogP contribution in [-0.2, 0) is 6.42 Å². The largest absolute Gasteiger partial charge is 0.308 e. The van der Waals surface area contributed by atoms with Crippen LogP contribution in [0.5, 0.6) is 0 Å². The Bertz CT molecular complexity index is 911. The van der Waals surface area contributed by atoms with Gasteiger partial charge in [0.05, 0.1) is 22.6 Å². The normalized spacial score (nSPS) is 20.3. The number of rotatable bonds is 4. The maximum Gasteiger partial charge on any atom is 0.163 e. The first kappa shape index (κ1) is 16.2. The summed E-state index contributed by atoms with van der Waals surface area (Å²) in [5.74, 6) is 6.21. The van der Waals surface area contributed by atoms with Crippen LogP contribution in [0.2, 0.25) is 5.02 Å². The number of hydrazine groups is 1. The molecule has 0 bridgehead atoms. The van der Waals surface area contributed by atoms with E-state index in [1.165, 1.54) is 12.4 Å². The lowest BCUT2D eigenvalue weighted by molar-refractivity contribution is 0.448. The Labute approximate surface area is 149 Å². The van der Waals surface area contributed by atoms with Crippen LogP contribution in [0.1, 0.15) is 30.9 Å². The van der Waals surface area contributed by atoms with E-state index < -0.39 is 0 Å². The van der Waals surface area contributed by atoms with Crippen LogP contribution in [0.15, 0.2) is 30.7 Å². The van der Waals surface area contributed by atoms with Gasteiger partial charge in [-0.05, 0) is 49.3 Å². The lowest BCUT2D eigenvalue weighted by Gasteiger charge is -2.13. The van der Waals surface area contributed by atoms with E-state index in [2.05, 4.69) is 20.5 Å². The Hall–Kier alpha value is -2.25. The zero-order valence-corrected chi connectivity index (χ0v) is 14.2. The van der Waals surface area contributed by atoms with E-state index in [9.17, 15) is 4.39 Å². The Balaban J connectivity index is 1.52. The lowest BCUT2D eigenvalue weighted by Crippen LogP contribution is -2.11. The quantitative estimate of drug-likeness (QED) is 0.549. The van der Waals surface area contributed by atoms with Gasteiger partial charge in [-0.25, -0.2) is 24.9 Å². The minimum Gasteiger partial charge on any atom is -0.308 e. The molecule has 3 aromatic rings. The van der Waals surface area contributed by atoms with E-state index in [1.807, 2.05) is 10.7 Å². The molecule has 2 unspecified atom stereocenters. The van der Waals surface area contributed by atoms with Gasteiger partial charge in [-0.2, -0.15) is 5.10 Å². The van der Waals surface area contributed by atoms with Gasteiger partial charge in [0, 0.05) is 0 Å². The second-order valence-electron chi connectivity index (χ2n) is 6.48. The molecule has 6 nitrogen and oxygen atoms in total. The summed E-state index contributed by atoms with van der Waals surface area (Å²) in [4.78, 5) is 8.47. The summed E-state index contributed by atoms with van der Waals surface area (Å²) in [6.45, 7) is 0. The predicted molar refractivity (Wildman–Crippen MR) is 94.6 cm³/mol. The highest BCUT2D eigenvalue weighted by molar-refractivity contribution is 6.30. The fraction of sp³-hybridized carbons (Fsp3) is 0.353. The average molecular weight is 361 g/mol. The summed E-state index contributed by atoms with van der Waals surface area (Å²) in [5.41, 5.74) is 4.44. The van der Waals surface area contributed by atoms with Crippen molar-refractivity contribution in [2.24, 2.45) is 11.8 Å². The van der Waals surface area contributed by atoms with Gasteiger partial charge in [0.2, 0.25) is 0 Å². The van der Waals surface area contributed by atoms with E-state index in [4.69, 9.17) is 17.4 Å². The van der Waals surface area contributed by atoms with E-state index in [-0.39, 0.29) is 10.8 Å². The van der Waals surface area contributed by atoms with Crippen molar-refractivity contribution in [3.8, 4) is 0 Å². The van der Waals surface area contributed by atoms with E-state index >= 15 is 0 Å². The molecule has 2 aromatic heterocycles. The number of nitrogens with one attached hydrogen (secondary N) is 1. The number of hydrogen-bond donors (Lipinski definition) is 2. The molecule has 2 heterocycles. The van der Waals surface area contributed by atoms with Crippen molar-refractivity contribution in [3.05, 3.63) is 47.1 Å². The molecule has 0 spiro atoms. The molecule has 4 rings (SSSR count). The maximum absolute atomic E-state index is 13.3. The molecule has 0 aliphatic heterocycles. The van der Waals surface area contributed by atoms with E-state index in [0.29, 0.717) is 17.8 Å². The van der Waals surface area contributed by atoms with E-state index in [0.717, 1.165) is 42.3 Å². The molecule has 0 saturated heterocycles.